The number of aromatic nitrogens is 2. The summed E-state index contributed by atoms with van der Waals surface area (Å²) >= 11 is 0. The summed E-state index contributed by atoms with van der Waals surface area (Å²) in [7, 11) is 0. The van der Waals surface area contributed by atoms with Crippen LogP contribution >= 0.6 is 0 Å². The predicted octanol–water partition coefficient (Wildman–Crippen LogP) is 2.55. The molecule has 164 valence electrons. The Kier molecular flexibility index (Phi) is 7.97. The third kappa shape index (κ3) is 6.02. The summed E-state index contributed by atoms with van der Waals surface area (Å²) in [6.45, 7) is 1.71. The van der Waals surface area contributed by atoms with Gasteiger partial charge in [-0.2, -0.15) is 0 Å². The first-order valence-electron chi connectivity index (χ1n) is 10.2. The molecule has 3 rings (SSSR count). The number of nitrogens with zero attached hydrogens (tertiary/aromatic N) is 2. The maximum absolute atomic E-state index is 9.83. The van der Waals surface area contributed by atoms with Crippen molar-refractivity contribution >= 4 is 6.08 Å². The quantitative estimate of drug-likeness (QED) is 0.399. The van der Waals surface area contributed by atoms with Gasteiger partial charge >= 0.3 is 0 Å². The van der Waals surface area contributed by atoms with E-state index in [9.17, 15) is 10.2 Å². The van der Waals surface area contributed by atoms with Crippen molar-refractivity contribution in [3.8, 4) is 16.9 Å². The van der Waals surface area contributed by atoms with Gasteiger partial charge in [0.1, 0.15) is 24.3 Å². The molecule has 31 heavy (non-hydrogen) atoms. The molecule has 0 spiro atoms. The van der Waals surface area contributed by atoms with Crippen molar-refractivity contribution in [1.82, 2.24) is 9.55 Å². The molecule has 7 heteroatoms. The first kappa shape index (κ1) is 22.7. The van der Waals surface area contributed by atoms with Crippen molar-refractivity contribution in [2.45, 2.75) is 25.1 Å². The Balaban J connectivity index is 1.66. The van der Waals surface area contributed by atoms with Gasteiger partial charge in [0, 0.05) is 12.4 Å². The molecule has 0 aliphatic heterocycles. The van der Waals surface area contributed by atoms with E-state index in [0.29, 0.717) is 11.6 Å². The van der Waals surface area contributed by atoms with Crippen LogP contribution in [-0.4, -0.2) is 50.7 Å². The Morgan fingerprint density at radius 1 is 1.03 bits per heavy atom. The molecule has 0 amide bonds. The van der Waals surface area contributed by atoms with Crippen molar-refractivity contribution in [3.05, 3.63) is 78.4 Å². The van der Waals surface area contributed by atoms with Crippen molar-refractivity contribution in [1.29, 1.82) is 0 Å². The van der Waals surface area contributed by atoms with E-state index in [2.05, 4.69) is 4.98 Å². The third-order valence-corrected chi connectivity index (χ3v) is 4.92. The number of aliphatic hydroxyl groups excluding tert-OH is 3. The molecular formula is C24H29N3O4. The van der Waals surface area contributed by atoms with Gasteiger partial charge in [-0.05, 0) is 35.7 Å². The van der Waals surface area contributed by atoms with Gasteiger partial charge < -0.3 is 30.4 Å². The lowest BCUT2D eigenvalue weighted by Crippen LogP contribution is -2.31. The Morgan fingerprint density at radius 3 is 2.26 bits per heavy atom. The number of hydrogen-bond donors (Lipinski definition) is 4. The highest BCUT2D eigenvalue weighted by Gasteiger charge is 2.14. The van der Waals surface area contributed by atoms with Gasteiger partial charge in [0.2, 0.25) is 0 Å². The first-order chi connectivity index (χ1) is 15.0. The number of rotatable bonds is 10. The lowest BCUT2D eigenvalue weighted by Gasteiger charge is -2.16. The summed E-state index contributed by atoms with van der Waals surface area (Å²) in [5, 5.41) is 28.6. The molecule has 0 aliphatic carbocycles. The third-order valence-electron chi connectivity index (χ3n) is 4.92. The van der Waals surface area contributed by atoms with Crippen molar-refractivity contribution in [2.24, 2.45) is 5.73 Å². The molecule has 7 nitrogen and oxygen atoms in total. The second-order valence-corrected chi connectivity index (χ2v) is 7.38. The average Bonchev–Trinajstić information content (AvgIpc) is 3.29. The SMILES string of the molecule is C[C@H](O)c1nccn1C(C=Cc1ccc(-c2ccc(OC[C@@H](N)CO)cc2)cc1)CO. The first-order valence-corrected chi connectivity index (χ1v) is 10.2. The van der Waals surface area contributed by atoms with Crippen LogP contribution in [0, 0.1) is 0 Å². The molecule has 0 bridgehead atoms. The second kappa shape index (κ2) is 10.9. The fourth-order valence-corrected chi connectivity index (χ4v) is 3.18. The van der Waals surface area contributed by atoms with E-state index in [4.69, 9.17) is 15.6 Å². The highest BCUT2D eigenvalue weighted by atomic mass is 16.5. The van der Waals surface area contributed by atoms with E-state index >= 15 is 0 Å². The van der Waals surface area contributed by atoms with Gasteiger partial charge in [-0.25, -0.2) is 4.98 Å². The number of imidazole rings is 1. The lowest BCUT2D eigenvalue weighted by atomic mass is 10.0. The number of benzene rings is 2. The maximum Gasteiger partial charge on any atom is 0.137 e. The highest BCUT2D eigenvalue weighted by molar-refractivity contribution is 5.66. The van der Waals surface area contributed by atoms with Crippen molar-refractivity contribution < 1.29 is 20.1 Å². The molecule has 5 N–H and O–H groups in total. The highest BCUT2D eigenvalue weighted by Crippen LogP contribution is 2.24. The second-order valence-electron chi connectivity index (χ2n) is 7.38. The summed E-state index contributed by atoms with van der Waals surface area (Å²) in [6, 6.07) is 15.1. The standard InChI is InChI=1S/C24H29N3O4/c1-17(30)24-26-12-13-27(24)22(15-29)9-4-18-2-5-19(6-3-18)20-7-10-23(11-8-20)31-16-21(25)14-28/h2-13,17,21-22,28-30H,14-16,25H2,1H3/t17-,21-,22?/m0/s1. The van der Waals surface area contributed by atoms with Crippen LogP contribution in [0.3, 0.4) is 0 Å². The molecule has 0 radical (unpaired) electrons. The van der Waals surface area contributed by atoms with E-state index < -0.39 is 12.1 Å². The monoisotopic (exact) mass is 423 g/mol. The zero-order valence-corrected chi connectivity index (χ0v) is 17.5. The van der Waals surface area contributed by atoms with E-state index in [1.54, 1.807) is 23.9 Å². The molecule has 1 aromatic heterocycles. The molecule has 1 heterocycles. The maximum atomic E-state index is 9.83. The van der Waals surface area contributed by atoms with Gasteiger partial charge in [-0.1, -0.05) is 48.6 Å². The molecule has 0 aliphatic rings. The lowest BCUT2D eigenvalue weighted by molar-refractivity contribution is 0.175. The van der Waals surface area contributed by atoms with E-state index in [1.807, 2.05) is 60.7 Å². The normalized spacial score (nSPS) is 14.5. The molecule has 0 saturated carbocycles. The van der Waals surface area contributed by atoms with Crippen LogP contribution < -0.4 is 10.5 Å². The van der Waals surface area contributed by atoms with Gasteiger partial charge in [0.05, 0.1) is 25.3 Å². The molecule has 1 unspecified atom stereocenters. The Hall–Kier alpha value is -2.97. The molecule has 0 saturated heterocycles. The largest absolute Gasteiger partial charge is 0.492 e. The minimum Gasteiger partial charge on any atom is -0.492 e. The molecule has 2 aromatic carbocycles. The van der Waals surface area contributed by atoms with Crippen LogP contribution in [0.4, 0.5) is 0 Å². The summed E-state index contributed by atoms with van der Waals surface area (Å²) in [5.41, 5.74) is 8.77. The number of aliphatic hydroxyl groups is 3. The summed E-state index contributed by atoms with van der Waals surface area (Å²) in [4.78, 5) is 4.16. The summed E-state index contributed by atoms with van der Waals surface area (Å²) in [5.74, 6) is 1.23. The van der Waals surface area contributed by atoms with Gasteiger partial charge in [-0.3, -0.25) is 0 Å². The van der Waals surface area contributed by atoms with Crippen LogP contribution in [0.1, 0.15) is 30.5 Å². The average molecular weight is 424 g/mol. The van der Waals surface area contributed by atoms with Crippen LogP contribution in [0.2, 0.25) is 0 Å². The van der Waals surface area contributed by atoms with Gasteiger partial charge in [0.15, 0.2) is 0 Å². The molecule has 0 fully saturated rings. The molecule has 3 aromatic rings. The Morgan fingerprint density at radius 2 is 1.68 bits per heavy atom. The van der Waals surface area contributed by atoms with Crippen LogP contribution in [0.15, 0.2) is 67.0 Å². The zero-order chi connectivity index (χ0) is 22.2. The van der Waals surface area contributed by atoms with E-state index in [1.165, 1.54) is 0 Å². The fraction of sp³-hybridized carbons (Fsp3) is 0.292. The van der Waals surface area contributed by atoms with E-state index in [-0.39, 0.29) is 25.9 Å². The van der Waals surface area contributed by atoms with Crippen LogP contribution in [0.5, 0.6) is 5.75 Å². The van der Waals surface area contributed by atoms with Gasteiger partial charge in [-0.15, -0.1) is 0 Å². The van der Waals surface area contributed by atoms with Crippen molar-refractivity contribution in [2.75, 3.05) is 19.8 Å². The van der Waals surface area contributed by atoms with Crippen molar-refractivity contribution in [3.63, 3.8) is 0 Å². The molecular weight excluding hydrogens is 394 g/mol. The van der Waals surface area contributed by atoms with E-state index in [0.717, 1.165) is 16.7 Å². The number of nitrogens with two attached hydrogens (primary N) is 1. The molecule has 3 atom stereocenters. The number of ether oxygens (including phenoxy) is 1. The zero-order valence-electron chi connectivity index (χ0n) is 17.5. The fourth-order valence-electron chi connectivity index (χ4n) is 3.18. The summed E-state index contributed by atoms with van der Waals surface area (Å²) < 4.78 is 7.32. The predicted molar refractivity (Wildman–Crippen MR) is 120 cm³/mol. The minimum atomic E-state index is -0.708. The minimum absolute atomic E-state index is 0.0949. The van der Waals surface area contributed by atoms with Gasteiger partial charge in [0.25, 0.3) is 0 Å². The summed E-state index contributed by atoms with van der Waals surface area (Å²) in [6.07, 6.45) is 6.50. The Bertz CT molecular complexity index is 965. The van der Waals surface area contributed by atoms with Crippen LogP contribution in [-0.2, 0) is 0 Å². The van der Waals surface area contributed by atoms with Crippen LogP contribution in [0.25, 0.3) is 17.2 Å². The Labute approximate surface area is 182 Å². The smallest absolute Gasteiger partial charge is 0.137 e. The number of hydrogen-bond acceptors (Lipinski definition) is 6. The topological polar surface area (TPSA) is 114 Å².